The van der Waals surface area contributed by atoms with Crippen LogP contribution < -0.4 is 4.74 Å². The molecule has 0 atom stereocenters. The molecule has 0 fully saturated rings. The van der Waals surface area contributed by atoms with Crippen molar-refractivity contribution in [2.75, 3.05) is 7.11 Å². The average Bonchev–Trinajstić information content (AvgIpc) is 3.45. The van der Waals surface area contributed by atoms with Gasteiger partial charge in [-0.3, -0.25) is 4.90 Å². The van der Waals surface area contributed by atoms with Crippen LogP contribution in [0.4, 0.5) is 0 Å². The Morgan fingerprint density at radius 1 is 0.926 bits per heavy atom. The van der Waals surface area contributed by atoms with Crippen LogP contribution in [-0.2, 0) is 19.6 Å². The van der Waals surface area contributed by atoms with Crippen LogP contribution in [0.1, 0.15) is 17.4 Å². The fourth-order valence-corrected chi connectivity index (χ4v) is 2.80. The van der Waals surface area contributed by atoms with Gasteiger partial charge in [0.15, 0.2) is 0 Å². The fourth-order valence-electron chi connectivity index (χ4n) is 2.80. The minimum atomic E-state index is 0.471. The Balaban J connectivity index is 1.51. The van der Waals surface area contributed by atoms with E-state index in [1.807, 2.05) is 48.5 Å². The van der Waals surface area contributed by atoms with E-state index in [0.717, 1.165) is 22.8 Å². The second-order valence-corrected chi connectivity index (χ2v) is 6.05. The Morgan fingerprint density at radius 3 is 2.30 bits per heavy atom. The quantitative estimate of drug-likeness (QED) is 0.464. The monoisotopic (exact) mass is 365 g/mol. The molecule has 0 aliphatic carbocycles. The Labute approximate surface area is 156 Å². The Bertz CT molecular complexity index is 925. The van der Waals surface area contributed by atoms with Crippen molar-refractivity contribution >= 4 is 0 Å². The van der Waals surface area contributed by atoms with Gasteiger partial charge in [-0.25, -0.2) is 0 Å². The first-order chi connectivity index (χ1) is 13.3. The van der Waals surface area contributed by atoms with Crippen LogP contribution >= 0.6 is 0 Å². The van der Waals surface area contributed by atoms with Crippen LogP contribution in [-0.4, -0.2) is 22.2 Å². The molecule has 0 amide bonds. The Kier molecular flexibility index (Phi) is 5.02. The van der Waals surface area contributed by atoms with Crippen molar-refractivity contribution in [2.24, 2.45) is 0 Å². The summed E-state index contributed by atoms with van der Waals surface area (Å²) in [4.78, 5) is 6.63. The van der Waals surface area contributed by atoms with Gasteiger partial charge in [0.25, 0.3) is 0 Å². The lowest BCUT2D eigenvalue weighted by molar-refractivity contribution is 0.183. The normalized spacial score (nSPS) is 11.2. The summed E-state index contributed by atoms with van der Waals surface area (Å²) in [6.45, 7) is 1.67. The van der Waals surface area contributed by atoms with Crippen molar-refractivity contribution in [3.63, 3.8) is 0 Å². The van der Waals surface area contributed by atoms with E-state index in [-0.39, 0.29) is 0 Å². The predicted octanol–water partition coefficient (Wildman–Crippen LogP) is 4.13. The molecule has 4 rings (SSSR count). The van der Waals surface area contributed by atoms with E-state index in [1.165, 1.54) is 0 Å². The maximum Gasteiger partial charge on any atom is 0.241 e. The molecule has 7 nitrogen and oxygen atoms in total. The lowest BCUT2D eigenvalue weighted by Crippen LogP contribution is -2.22. The zero-order valence-corrected chi connectivity index (χ0v) is 14.9. The third kappa shape index (κ3) is 4.27. The molecule has 27 heavy (non-hydrogen) atoms. The number of rotatable bonds is 8. The lowest BCUT2D eigenvalue weighted by atomic mass is 10.2. The van der Waals surface area contributed by atoms with Crippen molar-refractivity contribution in [3.05, 3.63) is 78.5 Å². The first-order valence-electron chi connectivity index (χ1n) is 8.54. The van der Waals surface area contributed by atoms with E-state index in [2.05, 4.69) is 15.0 Å². The van der Waals surface area contributed by atoms with E-state index in [1.54, 1.807) is 19.6 Å². The van der Waals surface area contributed by atoms with Gasteiger partial charge < -0.3 is 18.1 Å². The van der Waals surface area contributed by atoms with Crippen molar-refractivity contribution in [1.82, 2.24) is 15.0 Å². The zero-order chi connectivity index (χ0) is 18.5. The molecule has 1 aromatic carbocycles. The molecule has 0 N–H and O–H groups in total. The summed E-state index contributed by atoms with van der Waals surface area (Å²) in [5.41, 5.74) is 0.841. The summed E-state index contributed by atoms with van der Waals surface area (Å²) in [5, 5.41) is 4.09. The summed E-state index contributed by atoms with van der Waals surface area (Å²) in [5.74, 6) is 3.50. The number of methoxy groups -OCH3 is 1. The minimum Gasteiger partial charge on any atom is -0.497 e. The lowest BCUT2D eigenvalue weighted by Gasteiger charge is -2.17. The molecule has 0 aliphatic heterocycles. The van der Waals surface area contributed by atoms with Crippen molar-refractivity contribution < 1.29 is 18.1 Å². The van der Waals surface area contributed by atoms with Gasteiger partial charge in [0.05, 0.1) is 39.3 Å². The number of aromatic nitrogens is 2. The molecule has 0 saturated heterocycles. The molecule has 0 spiro atoms. The molecule has 0 bridgehead atoms. The van der Waals surface area contributed by atoms with Crippen LogP contribution in [0.25, 0.3) is 11.4 Å². The van der Waals surface area contributed by atoms with Gasteiger partial charge in [-0.05, 0) is 36.4 Å². The topological polar surface area (TPSA) is 77.7 Å². The smallest absolute Gasteiger partial charge is 0.241 e. The number of furan rings is 2. The maximum absolute atomic E-state index is 5.47. The number of hydrogen-bond donors (Lipinski definition) is 0. The van der Waals surface area contributed by atoms with E-state index >= 15 is 0 Å². The van der Waals surface area contributed by atoms with Gasteiger partial charge in [0.2, 0.25) is 11.7 Å². The summed E-state index contributed by atoms with van der Waals surface area (Å²) in [6, 6.07) is 15.2. The highest BCUT2D eigenvalue weighted by molar-refractivity contribution is 5.56. The van der Waals surface area contributed by atoms with E-state index < -0.39 is 0 Å². The van der Waals surface area contributed by atoms with Crippen LogP contribution in [0.2, 0.25) is 0 Å². The summed E-state index contributed by atoms with van der Waals surface area (Å²) in [6.07, 6.45) is 3.32. The highest BCUT2D eigenvalue weighted by Crippen LogP contribution is 2.22. The number of benzene rings is 1. The number of nitrogens with zero attached hydrogens (tertiary/aromatic N) is 3. The molecule has 7 heteroatoms. The van der Waals surface area contributed by atoms with Gasteiger partial charge in [0.1, 0.15) is 17.3 Å². The van der Waals surface area contributed by atoms with Crippen molar-refractivity contribution in [3.8, 4) is 17.1 Å². The fraction of sp³-hybridized carbons (Fsp3) is 0.200. The molecular formula is C20H19N3O4. The molecule has 0 saturated carbocycles. The van der Waals surface area contributed by atoms with E-state index in [4.69, 9.17) is 18.1 Å². The largest absolute Gasteiger partial charge is 0.497 e. The molecular weight excluding hydrogens is 346 g/mol. The molecule has 0 unspecified atom stereocenters. The van der Waals surface area contributed by atoms with Gasteiger partial charge >= 0.3 is 0 Å². The van der Waals surface area contributed by atoms with E-state index in [0.29, 0.717) is 31.3 Å². The summed E-state index contributed by atoms with van der Waals surface area (Å²) in [7, 11) is 1.63. The molecule has 3 heterocycles. The summed E-state index contributed by atoms with van der Waals surface area (Å²) < 4.78 is 21.6. The average molecular weight is 365 g/mol. The maximum atomic E-state index is 5.47. The van der Waals surface area contributed by atoms with Crippen LogP contribution in [0.3, 0.4) is 0 Å². The number of hydrogen-bond acceptors (Lipinski definition) is 7. The van der Waals surface area contributed by atoms with Crippen molar-refractivity contribution in [1.29, 1.82) is 0 Å². The SMILES string of the molecule is COc1cccc(-c2noc(CN(Cc3ccco3)Cc3ccco3)n2)c1. The van der Waals surface area contributed by atoms with Gasteiger partial charge in [-0.1, -0.05) is 17.3 Å². The second-order valence-electron chi connectivity index (χ2n) is 6.05. The molecule has 0 radical (unpaired) electrons. The first-order valence-corrected chi connectivity index (χ1v) is 8.54. The number of ether oxygens (including phenoxy) is 1. The Hall–Kier alpha value is -3.32. The first kappa shape index (κ1) is 17.1. The second kappa shape index (κ2) is 7.92. The molecule has 0 aliphatic rings. The molecule has 138 valence electrons. The molecule has 4 aromatic rings. The van der Waals surface area contributed by atoms with Gasteiger partial charge in [-0.15, -0.1) is 0 Å². The van der Waals surface area contributed by atoms with Gasteiger partial charge in [0, 0.05) is 5.56 Å². The van der Waals surface area contributed by atoms with Gasteiger partial charge in [-0.2, -0.15) is 4.98 Å². The van der Waals surface area contributed by atoms with Crippen LogP contribution in [0.5, 0.6) is 5.75 Å². The third-order valence-electron chi connectivity index (χ3n) is 4.07. The highest BCUT2D eigenvalue weighted by Gasteiger charge is 2.16. The third-order valence-corrected chi connectivity index (χ3v) is 4.07. The summed E-state index contributed by atoms with van der Waals surface area (Å²) >= 11 is 0. The predicted molar refractivity (Wildman–Crippen MR) is 96.7 cm³/mol. The zero-order valence-electron chi connectivity index (χ0n) is 14.9. The molecule has 3 aromatic heterocycles. The van der Waals surface area contributed by atoms with E-state index in [9.17, 15) is 0 Å². The standard InChI is InChI=1S/C20H19N3O4/c1-24-16-6-2-5-15(11-16)20-21-19(27-22-20)14-23(12-17-7-3-9-25-17)13-18-8-4-10-26-18/h2-11H,12-14H2,1H3. The van der Waals surface area contributed by atoms with Crippen LogP contribution in [0, 0.1) is 0 Å². The minimum absolute atomic E-state index is 0.471. The Morgan fingerprint density at radius 2 is 1.67 bits per heavy atom. The highest BCUT2D eigenvalue weighted by atomic mass is 16.5. The van der Waals surface area contributed by atoms with Crippen molar-refractivity contribution in [2.45, 2.75) is 19.6 Å². The van der Waals surface area contributed by atoms with Crippen LogP contribution in [0.15, 0.2) is 74.4 Å².